The Hall–Kier alpha value is -3.31. The highest BCUT2D eigenvalue weighted by Crippen LogP contribution is 2.18. The number of ketones is 1. The number of rotatable bonds is 4. The zero-order chi connectivity index (χ0) is 16.6. The Morgan fingerprint density at radius 3 is 2.17 bits per heavy atom. The molecule has 116 valence electrons. The summed E-state index contributed by atoms with van der Waals surface area (Å²) >= 11 is 0. The van der Waals surface area contributed by atoms with Crippen LogP contribution in [-0.4, -0.2) is 5.78 Å². The lowest BCUT2D eigenvalue weighted by molar-refractivity contribution is 0.105. The molecule has 0 radical (unpaired) electrons. The summed E-state index contributed by atoms with van der Waals surface area (Å²) in [5.41, 5.74) is 2.38. The average molecular weight is 312 g/mol. The molecule has 0 heterocycles. The first-order valence-corrected chi connectivity index (χ1v) is 7.70. The van der Waals surface area contributed by atoms with E-state index in [4.69, 9.17) is 4.74 Å². The lowest BCUT2D eigenvalue weighted by Gasteiger charge is -2.08. The second kappa shape index (κ2) is 7.80. The van der Waals surface area contributed by atoms with Gasteiger partial charge in [-0.15, -0.1) is 0 Å². The van der Waals surface area contributed by atoms with Crippen LogP contribution in [-0.2, 0) is 6.61 Å². The zero-order valence-corrected chi connectivity index (χ0v) is 13.1. The molecule has 0 aliphatic rings. The van der Waals surface area contributed by atoms with E-state index >= 15 is 0 Å². The minimum absolute atomic E-state index is 0.200. The minimum atomic E-state index is -0.200. The Morgan fingerprint density at radius 1 is 0.792 bits per heavy atom. The lowest BCUT2D eigenvalue weighted by atomic mass is 10.1. The first kappa shape index (κ1) is 15.6. The molecule has 0 spiro atoms. The van der Waals surface area contributed by atoms with Crippen molar-refractivity contribution in [1.29, 1.82) is 0 Å². The Kier molecular flexibility index (Phi) is 5.07. The highest BCUT2D eigenvalue weighted by atomic mass is 16.5. The number of benzene rings is 3. The molecule has 0 saturated heterocycles. The van der Waals surface area contributed by atoms with Gasteiger partial charge in [-0.2, -0.15) is 0 Å². The molecule has 0 unspecified atom stereocenters. The maximum Gasteiger partial charge on any atom is 0.236 e. The van der Waals surface area contributed by atoms with Crippen molar-refractivity contribution >= 4 is 5.78 Å². The highest BCUT2D eigenvalue weighted by Gasteiger charge is 2.03. The standard InChI is InChI=1S/C22H16O2/c23-21(19-11-5-2-6-12-19)16-15-20-13-7-8-14-22(20)24-17-18-9-3-1-4-10-18/h1-14H,17H2. The van der Waals surface area contributed by atoms with E-state index in [2.05, 4.69) is 11.8 Å². The van der Waals surface area contributed by atoms with Crippen molar-refractivity contribution in [3.63, 3.8) is 0 Å². The van der Waals surface area contributed by atoms with Crippen molar-refractivity contribution in [1.82, 2.24) is 0 Å². The number of ether oxygens (including phenoxy) is 1. The van der Waals surface area contributed by atoms with Crippen LogP contribution in [0.15, 0.2) is 84.9 Å². The van der Waals surface area contributed by atoms with E-state index in [1.165, 1.54) is 0 Å². The van der Waals surface area contributed by atoms with E-state index in [0.717, 1.165) is 5.56 Å². The highest BCUT2D eigenvalue weighted by molar-refractivity contribution is 6.09. The van der Waals surface area contributed by atoms with Gasteiger partial charge in [0.25, 0.3) is 0 Å². The minimum Gasteiger partial charge on any atom is -0.488 e. The van der Waals surface area contributed by atoms with Crippen molar-refractivity contribution in [3.8, 4) is 17.6 Å². The van der Waals surface area contributed by atoms with Gasteiger partial charge in [0.1, 0.15) is 12.4 Å². The van der Waals surface area contributed by atoms with Gasteiger partial charge >= 0.3 is 0 Å². The normalized spacial score (nSPS) is 9.67. The van der Waals surface area contributed by atoms with Gasteiger partial charge < -0.3 is 4.74 Å². The molecular weight excluding hydrogens is 296 g/mol. The Bertz CT molecular complexity index is 872. The van der Waals surface area contributed by atoms with Gasteiger partial charge in [0.05, 0.1) is 5.56 Å². The molecule has 0 atom stereocenters. The van der Waals surface area contributed by atoms with E-state index in [1.54, 1.807) is 12.1 Å². The van der Waals surface area contributed by atoms with Crippen molar-refractivity contribution in [2.45, 2.75) is 6.61 Å². The fraction of sp³-hybridized carbons (Fsp3) is 0.0455. The number of para-hydroxylation sites is 1. The van der Waals surface area contributed by atoms with Gasteiger partial charge in [0.2, 0.25) is 5.78 Å². The van der Waals surface area contributed by atoms with Crippen LogP contribution in [0.1, 0.15) is 21.5 Å². The van der Waals surface area contributed by atoms with Crippen LogP contribution >= 0.6 is 0 Å². The van der Waals surface area contributed by atoms with Crippen molar-refractivity contribution < 1.29 is 9.53 Å². The number of hydrogen-bond acceptors (Lipinski definition) is 2. The van der Waals surface area contributed by atoms with Crippen LogP contribution in [0.3, 0.4) is 0 Å². The average Bonchev–Trinajstić information content (AvgIpc) is 2.66. The van der Waals surface area contributed by atoms with E-state index < -0.39 is 0 Å². The van der Waals surface area contributed by atoms with Gasteiger partial charge in [-0.3, -0.25) is 4.79 Å². The molecule has 2 nitrogen and oxygen atoms in total. The van der Waals surface area contributed by atoms with Crippen molar-refractivity contribution in [2.75, 3.05) is 0 Å². The summed E-state index contributed by atoms with van der Waals surface area (Å²) in [6.07, 6.45) is 0. The molecule has 2 heteroatoms. The summed E-state index contributed by atoms with van der Waals surface area (Å²) in [5, 5.41) is 0. The third kappa shape index (κ3) is 4.12. The van der Waals surface area contributed by atoms with Gasteiger partial charge in [0.15, 0.2) is 0 Å². The van der Waals surface area contributed by atoms with Gasteiger partial charge in [-0.1, -0.05) is 78.7 Å². The molecule has 0 saturated carbocycles. The summed E-state index contributed by atoms with van der Waals surface area (Å²) in [4.78, 5) is 12.1. The second-order valence-electron chi connectivity index (χ2n) is 5.22. The van der Waals surface area contributed by atoms with Crippen LogP contribution < -0.4 is 4.74 Å². The number of hydrogen-bond donors (Lipinski definition) is 0. The molecule has 0 fully saturated rings. The molecule has 3 aromatic rings. The lowest BCUT2D eigenvalue weighted by Crippen LogP contribution is -1.97. The van der Waals surface area contributed by atoms with Crippen LogP contribution in [0.5, 0.6) is 5.75 Å². The van der Waals surface area contributed by atoms with Crippen LogP contribution in [0.25, 0.3) is 0 Å². The molecule has 3 aromatic carbocycles. The topological polar surface area (TPSA) is 26.3 Å². The summed E-state index contributed by atoms with van der Waals surface area (Å²) in [7, 11) is 0. The summed E-state index contributed by atoms with van der Waals surface area (Å²) in [6.45, 7) is 0.464. The fourth-order valence-corrected chi connectivity index (χ4v) is 2.22. The largest absolute Gasteiger partial charge is 0.488 e. The van der Waals surface area contributed by atoms with E-state index in [0.29, 0.717) is 23.5 Å². The van der Waals surface area contributed by atoms with Gasteiger partial charge in [0, 0.05) is 5.56 Å². The summed E-state index contributed by atoms with van der Waals surface area (Å²) in [6, 6.07) is 26.5. The van der Waals surface area contributed by atoms with Crippen LogP contribution in [0, 0.1) is 11.8 Å². The molecular formula is C22H16O2. The molecule has 0 aliphatic heterocycles. The summed E-state index contributed by atoms with van der Waals surface area (Å²) < 4.78 is 5.85. The summed E-state index contributed by atoms with van der Waals surface area (Å²) in [5.74, 6) is 6.08. The molecule has 0 amide bonds. The monoisotopic (exact) mass is 312 g/mol. The first-order chi connectivity index (χ1) is 11.8. The van der Waals surface area contributed by atoms with Crippen molar-refractivity contribution in [2.24, 2.45) is 0 Å². The van der Waals surface area contributed by atoms with Crippen LogP contribution in [0.2, 0.25) is 0 Å². The Morgan fingerprint density at radius 2 is 1.42 bits per heavy atom. The van der Waals surface area contributed by atoms with E-state index in [-0.39, 0.29) is 5.78 Å². The number of Topliss-reactive ketones (excluding diaryl/α,β-unsaturated/α-hetero) is 1. The third-order valence-corrected chi connectivity index (χ3v) is 3.47. The second-order valence-corrected chi connectivity index (χ2v) is 5.22. The molecule has 3 rings (SSSR count). The smallest absolute Gasteiger partial charge is 0.236 e. The Labute approximate surface area is 141 Å². The van der Waals surface area contributed by atoms with E-state index in [1.807, 2.05) is 72.8 Å². The molecule has 0 bridgehead atoms. The van der Waals surface area contributed by atoms with Gasteiger partial charge in [-0.25, -0.2) is 0 Å². The predicted octanol–water partition coefficient (Wildman–Crippen LogP) is 4.50. The molecule has 0 aromatic heterocycles. The quantitative estimate of drug-likeness (QED) is 0.524. The third-order valence-electron chi connectivity index (χ3n) is 3.47. The van der Waals surface area contributed by atoms with Crippen LogP contribution in [0.4, 0.5) is 0 Å². The van der Waals surface area contributed by atoms with E-state index in [9.17, 15) is 4.79 Å². The SMILES string of the molecule is O=C(C#Cc1ccccc1OCc1ccccc1)c1ccccc1. The zero-order valence-electron chi connectivity index (χ0n) is 13.1. The molecule has 0 N–H and O–H groups in total. The van der Waals surface area contributed by atoms with Crippen molar-refractivity contribution in [3.05, 3.63) is 102 Å². The first-order valence-electron chi connectivity index (χ1n) is 7.70. The maximum atomic E-state index is 12.1. The molecule has 0 aliphatic carbocycles. The Balaban J connectivity index is 1.75. The fourth-order valence-electron chi connectivity index (χ4n) is 2.22. The van der Waals surface area contributed by atoms with Gasteiger partial charge in [-0.05, 0) is 23.6 Å². The predicted molar refractivity (Wildman–Crippen MR) is 94.9 cm³/mol. The molecule has 24 heavy (non-hydrogen) atoms. The number of carbonyl (C=O) groups is 1. The maximum absolute atomic E-state index is 12.1. The number of carbonyl (C=O) groups excluding carboxylic acids is 1.